The Labute approximate surface area is 246 Å². The van der Waals surface area contributed by atoms with Gasteiger partial charge in [-0.25, -0.2) is 18.8 Å². The van der Waals surface area contributed by atoms with Crippen LogP contribution in [0.15, 0.2) is 96.2 Å². The van der Waals surface area contributed by atoms with Crippen molar-refractivity contribution in [2.24, 2.45) is 12.0 Å². The molecule has 1 aliphatic heterocycles. The van der Waals surface area contributed by atoms with Gasteiger partial charge in [-0.05, 0) is 60.0 Å². The van der Waals surface area contributed by atoms with Crippen molar-refractivity contribution in [2.45, 2.75) is 19.4 Å². The molecule has 42 heavy (non-hydrogen) atoms. The van der Waals surface area contributed by atoms with E-state index in [1.165, 1.54) is 16.5 Å². The van der Waals surface area contributed by atoms with Crippen LogP contribution in [0.5, 0.6) is 0 Å². The predicted molar refractivity (Wildman–Crippen MR) is 167 cm³/mol. The molecule has 1 atom stereocenters. The average Bonchev–Trinajstić information content (AvgIpc) is 3.38. The molecule has 2 N–H and O–H groups in total. The van der Waals surface area contributed by atoms with Crippen molar-refractivity contribution < 1.29 is 13.6 Å². The van der Waals surface area contributed by atoms with Gasteiger partial charge in [0.05, 0.1) is 29.6 Å². The number of allylic oxidation sites excluding steroid dienone is 3. The summed E-state index contributed by atoms with van der Waals surface area (Å²) in [6.07, 6.45) is 12.9. The van der Waals surface area contributed by atoms with Crippen molar-refractivity contribution in [3.05, 3.63) is 114 Å². The third kappa shape index (κ3) is 6.83. The minimum absolute atomic E-state index is 0.124. The summed E-state index contributed by atoms with van der Waals surface area (Å²) < 4.78 is 28.6. The predicted octanol–water partition coefficient (Wildman–Crippen LogP) is 6.37. The van der Waals surface area contributed by atoms with Gasteiger partial charge in [0.25, 0.3) is 0 Å². The minimum Gasteiger partial charge on any atom is -0.367 e. The fraction of sp³-hybridized carbons (Fsp3) is 0.188. The summed E-state index contributed by atoms with van der Waals surface area (Å²) in [5, 5.41) is 7.06. The highest BCUT2D eigenvalue weighted by molar-refractivity contribution is 8.08. The highest BCUT2D eigenvalue weighted by Crippen LogP contribution is 2.35. The molecule has 2 aromatic carbocycles. The van der Waals surface area contributed by atoms with Gasteiger partial charge in [-0.15, -0.1) is 11.8 Å². The average molecular weight is 585 g/mol. The zero-order valence-electron chi connectivity index (χ0n) is 23.3. The van der Waals surface area contributed by atoms with Crippen LogP contribution in [0.3, 0.4) is 0 Å². The van der Waals surface area contributed by atoms with Gasteiger partial charge in [0, 0.05) is 42.3 Å². The molecule has 1 amide bonds. The van der Waals surface area contributed by atoms with Crippen LogP contribution in [0, 0.1) is 11.6 Å². The van der Waals surface area contributed by atoms with Crippen molar-refractivity contribution in [1.82, 2.24) is 25.2 Å². The minimum atomic E-state index is -0.941. The first kappa shape index (κ1) is 28.9. The van der Waals surface area contributed by atoms with Gasteiger partial charge in [0.1, 0.15) is 11.3 Å². The van der Waals surface area contributed by atoms with Crippen LogP contribution in [0.1, 0.15) is 30.5 Å². The van der Waals surface area contributed by atoms with Crippen molar-refractivity contribution in [3.63, 3.8) is 0 Å². The van der Waals surface area contributed by atoms with E-state index in [4.69, 9.17) is 0 Å². The SMILES string of the molecule is C=C(/N=C\C=C/CC(=O)N[C@@H](C)c1ccc(F)c(F)c1)NCC1=CC=C(c2ccc3ncc4ncn(C)c4c3c2)SC1. The second-order valence-corrected chi connectivity index (χ2v) is 10.9. The van der Waals surface area contributed by atoms with Gasteiger partial charge in [-0.1, -0.05) is 30.9 Å². The Morgan fingerprint density at radius 3 is 2.81 bits per heavy atom. The van der Waals surface area contributed by atoms with Crippen LogP contribution in [0.25, 0.3) is 26.8 Å². The lowest BCUT2D eigenvalue weighted by atomic mass is 10.1. The van der Waals surface area contributed by atoms with Crippen LogP contribution in [0.2, 0.25) is 0 Å². The van der Waals surface area contributed by atoms with Crippen LogP contribution >= 0.6 is 11.8 Å². The number of carbonyl (C=O) groups excluding carboxylic acids is 1. The Bertz CT molecular complexity index is 1790. The summed E-state index contributed by atoms with van der Waals surface area (Å²) in [6.45, 7) is 6.27. The molecule has 4 aromatic rings. The molecule has 0 saturated heterocycles. The third-order valence-corrected chi connectivity index (χ3v) is 8.01. The second-order valence-electron chi connectivity index (χ2n) is 9.90. The molecular weight excluding hydrogens is 554 g/mol. The first-order valence-corrected chi connectivity index (χ1v) is 14.4. The maximum Gasteiger partial charge on any atom is 0.224 e. The largest absolute Gasteiger partial charge is 0.367 e. The number of aryl methyl sites for hydroxylation is 1. The Morgan fingerprint density at radius 1 is 1.17 bits per heavy atom. The topological polar surface area (TPSA) is 84.2 Å². The summed E-state index contributed by atoms with van der Waals surface area (Å²) in [5.74, 6) is -0.741. The number of imidazole rings is 1. The van der Waals surface area contributed by atoms with E-state index in [1.807, 2.05) is 24.1 Å². The maximum atomic E-state index is 13.4. The standard InChI is InChI=1S/C32H30F2N6OS/c1-20(23-8-10-26(33)27(34)15-23)39-31(41)6-4-5-13-35-21(2)36-16-22-7-12-30(42-18-22)24-9-11-28-25(14-24)32-29(17-37-28)38-19-40(32)3/h4-5,7-15,17,19-20,36H,2,6,16,18H2,1,3H3,(H,39,41)/b5-4-,35-13-/t20-/m0/s1. The molecule has 7 nitrogen and oxygen atoms in total. The number of aromatic nitrogens is 3. The smallest absolute Gasteiger partial charge is 0.224 e. The lowest BCUT2D eigenvalue weighted by Gasteiger charge is -2.16. The van der Waals surface area contributed by atoms with Crippen molar-refractivity contribution in [1.29, 1.82) is 0 Å². The summed E-state index contributed by atoms with van der Waals surface area (Å²) in [4.78, 5) is 26.6. The fourth-order valence-electron chi connectivity index (χ4n) is 4.54. The number of hydrogen-bond donors (Lipinski definition) is 2. The van der Waals surface area contributed by atoms with Crippen molar-refractivity contribution in [3.8, 4) is 0 Å². The monoisotopic (exact) mass is 584 g/mol. The molecule has 5 rings (SSSR count). The Morgan fingerprint density at radius 2 is 2.02 bits per heavy atom. The number of rotatable bonds is 10. The lowest BCUT2D eigenvalue weighted by molar-refractivity contribution is -0.120. The Hall–Kier alpha value is -4.57. The Kier molecular flexibility index (Phi) is 8.92. The normalized spacial score (nSPS) is 14.4. The quantitative estimate of drug-likeness (QED) is 0.212. The van der Waals surface area contributed by atoms with E-state index in [1.54, 1.807) is 37.1 Å². The van der Waals surface area contributed by atoms with Gasteiger partial charge in [0.15, 0.2) is 11.6 Å². The molecule has 3 heterocycles. The second kappa shape index (κ2) is 12.9. The molecule has 0 bridgehead atoms. The van der Waals surface area contributed by atoms with Gasteiger partial charge in [-0.3, -0.25) is 9.78 Å². The van der Waals surface area contributed by atoms with Crippen LogP contribution in [-0.2, 0) is 11.8 Å². The van der Waals surface area contributed by atoms with E-state index in [0.717, 1.165) is 45.4 Å². The zero-order chi connectivity index (χ0) is 29.6. The zero-order valence-corrected chi connectivity index (χ0v) is 24.1. The van der Waals surface area contributed by atoms with Gasteiger partial charge in [0.2, 0.25) is 5.91 Å². The maximum absolute atomic E-state index is 13.4. The molecule has 2 aromatic heterocycles. The summed E-state index contributed by atoms with van der Waals surface area (Å²) in [7, 11) is 2.00. The highest BCUT2D eigenvalue weighted by atomic mass is 32.2. The summed E-state index contributed by atoms with van der Waals surface area (Å²) >= 11 is 1.78. The fourth-order valence-corrected chi connectivity index (χ4v) is 5.54. The number of nitrogens with zero attached hydrogens (tertiary/aromatic N) is 4. The van der Waals surface area contributed by atoms with Crippen LogP contribution < -0.4 is 10.6 Å². The molecule has 0 radical (unpaired) electrons. The van der Waals surface area contributed by atoms with E-state index < -0.39 is 17.7 Å². The highest BCUT2D eigenvalue weighted by Gasteiger charge is 2.13. The number of nitrogens with one attached hydrogen (secondary N) is 2. The molecule has 0 aliphatic carbocycles. The van der Waals surface area contributed by atoms with Crippen molar-refractivity contribution >= 4 is 50.7 Å². The Balaban J connectivity index is 1.09. The molecule has 214 valence electrons. The number of benzene rings is 2. The van der Waals surface area contributed by atoms with E-state index in [9.17, 15) is 13.6 Å². The molecule has 0 fully saturated rings. The van der Waals surface area contributed by atoms with Crippen LogP contribution in [-0.4, -0.2) is 39.0 Å². The number of pyridine rings is 1. The number of fused-ring (bicyclic) bond motifs is 3. The van der Waals surface area contributed by atoms with Crippen molar-refractivity contribution in [2.75, 3.05) is 12.3 Å². The number of thioether (sulfide) groups is 1. The first-order chi connectivity index (χ1) is 20.3. The number of aliphatic imine (C=N–C) groups is 1. The van der Waals surface area contributed by atoms with Gasteiger partial charge >= 0.3 is 0 Å². The number of halogens is 2. The van der Waals surface area contributed by atoms with E-state index in [-0.39, 0.29) is 12.3 Å². The summed E-state index contributed by atoms with van der Waals surface area (Å²) in [5.41, 5.74) is 5.78. The first-order valence-electron chi connectivity index (χ1n) is 13.4. The third-order valence-electron chi connectivity index (χ3n) is 6.81. The lowest BCUT2D eigenvalue weighted by Crippen LogP contribution is -2.26. The number of amides is 1. The molecule has 10 heteroatoms. The molecule has 1 aliphatic rings. The summed E-state index contributed by atoms with van der Waals surface area (Å²) in [6, 6.07) is 9.48. The van der Waals surface area contributed by atoms with E-state index >= 15 is 0 Å². The van der Waals surface area contributed by atoms with Gasteiger partial charge < -0.3 is 15.2 Å². The van der Waals surface area contributed by atoms with Crippen LogP contribution in [0.4, 0.5) is 8.78 Å². The molecule has 0 saturated carbocycles. The van der Waals surface area contributed by atoms with E-state index in [0.29, 0.717) is 17.9 Å². The van der Waals surface area contributed by atoms with Gasteiger partial charge in [-0.2, -0.15) is 0 Å². The molecule has 0 spiro atoms. The number of hydrogen-bond acceptors (Lipinski definition) is 6. The molecule has 0 unspecified atom stereocenters. The molecular formula is C32H30F2N6OS. The van der Waals surface area contributed by atoms with E-state index in [2.05, 4.69) is 62.5 Å². The number of carbonyl (C=O) groups is 1.